The van der Waals surface area contributed by atoms with E-state index in [1.54, 1.807) is 6.92 Å². The van der Waals surface area contributed by atoms with Gasteiger partial charge in [0.15, 0.2) is 5.90 Å². The second kappa shape index (κ2) is 3.47. The number of aliphatic hydroxyl groups excluding tert-OH is 3. The molecule has 6 heteroatoms. The highest BCUT2D eigenvalue weighted by Crippen LogP contribution is 2.28. The van der Waals surface area contributed by atoms with Crippen LogP contribution in [0.25, 0.3) is 0 Å². The van der Waals surface area contributed by atoms with Gasteiger partial charge in [-0.25, -0.2) is 4.99 Å². The van der Waals surface area contributed by atoms with E-state index in [4.69, 9.17) is 14.6 Å². The molecule has 2 rings (SSSR count). The molecule has 14 heavy (non-hydrogen) atoms. The summed E-state index contributed by atoms with van der Waals surface area (Å²) in [6, 6.07) is -0.590. The molecule has 0 aromatic carbocycles. The quantitative estimate of drug-likeness (QED) is 0.469. The molecule has 0 aromatic heterocycles. The molecule has 0 aliphatic carbocycles. The Kier molecular flexibility index (Phi) is 2.44. The molecule has 0 amide bonds. The van der Waals surface area contributed by atoms with E-state index >= 15 is 0 Å². The molecule has 80 valence electrons. The lowest BCUT2D eigenvalue weighted by Gasteiger charge is -2.36. The number of nitrogens with zero attached hydrogens (tertiary/aromatic N) is 1. The van der Waals surface area contributed by atoms with Gasteiger partial charge in [-0.2, -0.15) is 0 Å². The smallest absolute Gasteiger partial charge is 0.227 e. The van der Waals surface area contributed by atoms with E-state index in [0.717, 1.165) is 0 Å². The van der Waals surface area contributed by atoms with E-state index < -0.39 is 30.6 Å². The zero-order valence-corrected chi connectivity index (χ0v) is 7.70. The van der Waals surface area contributed by atoms with Gasteiger partial charge in [-0.3, -0.25) is 0 Å². The van der Waals surface area contributed by atoms with Crippen LogP contribution in [0.3, 0.4) is 0 Å². The highest BCUT2D eigenvalue weighted by molar-refractivity contribution is 5.75. The van der Waals surface area contributed by atoms with E-state index in [9.17, 15) is 10.2 Å². The second-order valence-electron chi connectivity index (χ2n) is 3.46. The number of rotatable bonds is 1. The fourth-order valence-electron chi connectivity index (χ4n) is 1.71. The Morgan fingerprint density at radius 3 is 2.71 bits per heavy atom. The summed E-state index contributed by atoms with van der Waals surface area (Å²) in [6.07, 6.45) is -3.68. The van der Waals surface area contributed by atoms with Crippen molar-refractivity contribution in [3.63, 3.8) is 0 Å². The van der Waals surface area contributed by atoms with E-state index in [1.165, 1.54) is 0 Å². The monoisotopic (exact) mass is 203 g/mol. The van der Waals surface area contributed by atoms with Gasteiger partial charge in [-0.15, -0.1) is 0 Å². The summed E-state index contributed by atoms with van der Waals surface area (Å²) in [5, 5.41) is 28.0. The predicted molar refractivity (Wildman–Crippen MR) is 45.7 cm³/mol. The molecule has 0 aromatic rings. The van der Waals surface area contributed by atoms with E-state index in [-0.39, 0.29) is 6.61 Å². The summed E-state index contributed by atoms with van der Waals surface area (Å²) >= 11 is 0. The van der Waals surface area contributed by atoms with Crippen LogP contribution in [-0.4, -0.2) is 58.5 Å². The first-order valence-corrected chi connectivity index (χ1v) is 4.47. The Morgan fingerprint density at radius 1 is 1.36 bits per heavy atom. The minimum Gasteiger partial charge on any atom is -0.450 e. The first-order valence-electron chi connectivity index (χ1n) is 4.47. The van der Waals surface area contributed by atoms with Crippen LogP contribution in [0, 0.1) is 0 Å². The van der Waals surface area contributed by atoms with Gasteiger partial charge in [0.25, 0.3) is 0 Å². The molecule has 1 unspecified atom stereocenters. The molecule has 2 heterocycles. The summed E-state index contributed by atoms with van der Waals surface area (Å²) in [7, 11) is 0. The number of ether oxygens (including phenoxy) is 2. The van der Waals surface area contributed by atoms with Crippen molar-refractivity contribution in [2.75, 3.05) is 6.61 Å². The fraction of sp³-hybridized carbons (Fsp3) is 0.875. The number of hydrogen-bond acceptors (Lipinski definition) is 6. The molecular weight excluding hydrogens is 190 g/mol. The van der Waals surface area contributed by atoms with Gasteiger partial charge in [0.2, 0.25) is 6.29 Å². The second-order valence-corrected chi connectivity index (χ2v) is 3.46. The van der Waals surface area contributed by atoms with Crippen LogP contribution >= 0.6 is 0 Å². The molecule has 2 aliphatic heterocycles. The maximum absolute atomic E-state index is 9.64. The SMILES string of the molecule is CC1=N[C@H]2C(O1)O[C@H](CO)[C@@H](O)[C@@H]2O. The van der Waals surface area contributed by atoms with Gasteiger partial charge in [-0.1, -0.05) is 0 Å². The molecule has 6 nitrogen and oxygen atoms in total. The zero-order chi connectivity index (χ0) is 10.3. The average Bonchev–Trinajstić information content (AvgIpc) is 2.52. The molecule has 0 spiro atoms. The molecule has 0 bridgehead atoms. The third-order valence-corrected chi connectivity index (χ3v) is 2.47. The van der Waals surface area contributed by atoms with Gasteiger partial charge < -0.3 is 24.8 Å². The van der Waals surface area contributed by atoms with Crippen LogP contribution in [-0.2, 0) is 9.47 Å². The number of hydrogen-bond donors (Lipinski definition) is 3. The van der Waals surface area contributed by atoms with Crippen molar-refractivity contribution in [1.29, 1.82) is 0 Å². The molecule has 1 fully saturated rings. The van der Waals surface area contributed by atoms with Crippen molar-refractivity contribution in [3.8, 4) is 0 Å². The third-order valence-electron chi connectivity index (χ3n) is 2.47. The molecule has 0 radical (unpaired) electrons. The maximum Gasteiger partial charge on any atom is 0.227 e. The van der Waals surface area contributed by atoms with Gasteiger partial charge in [0.05, 0.1) is 6.61 Å². The van der Waals surface area contributed by atoms with E-state index in [2.05, 4.69) is 4.99 Å². The summed E-state index contributed by atoms with van der Waals surface area (Å²) in [4.78, 5) is 3.99. The Hall–Kier alpha value is -0.690. The molecule has 2 aliphatic rings. The predicted octanol–water partition coefficient (Wildman–Crippen LogP) is -1.76. The van der Waals surface area contributed by atoms with Crippen LogP contribution < -0.4 is 0 Å². The normalized spacial score (nSPS) is 46.9. The number of aliphatic imine (C=N–C) groups is 1. The van der Waals surface area contributed by atoms with Crippen molar-refractivity contribution in [2.24, 2.45) is 4.99 Å². The van der Waals surface area contributed by atoms with Gasteiger partial charge in [0, 0.05) is 6.92 Å². The van der Waals surface area contributed by atoms with Crippen molar-refractivity contribution >= 4 is 5.90 Å². The van der Waals surface area contributed by atoms with Gasteiger partial charge in [-0.05, 0) is 0 Å². The Labute approximate surface area is 80.8 Å². The van der Waals surface area contributed by atoms with Gasteiger partial charge in [0.1, 0.15) is 24.4 Å². The van der Waals surface area contributed by atoms with Crippen LogP contribution in [0.5, 0.6) is 0 Å². The fourth-order valence-corrected chi connectivity index (χ4v) is 1.71. The van der Waals surface area contributed by atoms with Crippen LogP contribution in [0.1, 0.15) is 6.92 Å². The Balaban J connectivity index is 2.14. The highest BCUT2D eigenvalue weighted by Gasteiger charge is 2.48. The molecular formula is C8H13NO5. The average molecular weight is 203 g/mol. The summed E-state index contributed by atoms with van der Waals surface area (Å²) in [6.45, 7) is 1.29. The summed E-state index contributed by atoms with van der Waals surface area (Å²) < 4.78 is 10.4. The lowest BCUT2D eigenvalue weighted by Crippen LogP contribution is -2.56. The van der Waals surface area contributed by atoms with Crippen molar-refractivity contribution in [3.05, 3.63) is 0 Å². The van der Waals surface area contributed by atoms with Crippen molar-refractivity contribution in [2.45, 2.75) is 37.6 Å². The summed E-state index contributed by atoms with van der Waals surface area (Å²) in [5.41, 5.74) is 0. The topological polar surface area (TPSA) is 91.5 Å². The highest BCUT2D eigenvalue weighted by atomic mass is 16.7. The van der Waals surface area contributed by atoms with Crippen molar-refractivity contribution in [1.82, 2.24) is 0 Å². The van der Waals surface area contributed by atoms with Crippen LogP contribution in [0.15, 0.2) is 4.99 Å². The van der Waals surface area contributed by atoms with Crippen molar-refractivity contribution < 1.29 is 24.8 Å². The lowest BCUT2D eigenvalue weighted by atomic mass is 9.98. The molecule has 1 saturated heterocycles. The first kappa shape index (κ1) is 9.85. The summed E-state index contributed by atoms with van der Waals surface area (Å²) in [5.74, 6) is 0.421. The number of aliphatic hydroxyl groups is 3. The Morgan fingerprint density at radius 2 is 2.07 bits per heavy atom. The standard InChI is InChI=1S/C8H13NO5/c1-3-9-5-7(12)6(11)4(2-10)14-8(5)13-3/h4-8,10-12H,2H2,1H3/t4-,5-,6-,7-,8?/m1/s1. The first-order chi connectivity index (χ1) is 6.63. The van der Waals surface area contributed by atoms with Crippen LogP contribution in [0.4, 0.5) is 0 Å². The molecule has 0 saturated carbocycles. The van der Waals surface area contributed by atoms with E-state index in [0.29, 0.717) is 5.90 Å². The van der Waals surface area contributed by atoms with Crippen LogP contribution in [0.2, 0.25) is 0 Å². The number of fused-ring (bicyclic) bond motifs is 1. The third kappa shape index (κ3) is 1.40. The van der Waals surface area contributed by atoms with E-state index in [1.807, 2.05) is 0 Å². The van der Waals surface area contributed by atoms with Gasteiger partial charge >= 0.3 is 0 Å². The molecule has 3 N–H and O–H groups in total. The minimum absolute atomic E-state index is 0.357. The lowest BCUT2D eigenvalue weighted by molar-refractivity contribution is -0.234. The Bertz CT molecular complexity index is 256. The molecule has 5 atom stereocenters. The zero-order valence-electron chi connectivity index (χ0n) is 7.70. The maximum atomic E-state index is 9.64. The minimum atomic E-state index is -1.13. The largest absolute Gasteiger partial charge is 0.450 e.